The molecule has 6 nitrogen and oxygen atoms in total. The summed E-state index contributed by atoms with van der Waals surface area (Å²) in [5.74, 6) is -1.19. The van der Waals surface area contributed by atoms with E-state index in [-0.39, 0.29) is 142 Å². The lowest BCUT2D eigenvalue weighted by molar-refractivity contribution is 1.04. The minimum Gasteiger partial charge on any atom is -0.312 e. The third-order valence-corrected chi connectivity index (χ3v) is 10.5. The molecule has 0 saturated heterocycles. The highest BCUT2D eigenvalue weighted by atomic mass is 16.1. The molecule has 0 amide bonds. The first-order valence-corrected chi connectivity index (χ1v) is 15.4. The van der Waals surface area contributed by atoms with E-state index in [9.17, 15) is 19.2 Å². The van der Waals surface area contributed by atoms with E-state index in [1.54, 1.807) is 0 Å². The molecular formula is C33H3B13N2O4. The fourth-order valence-corrected chi connectivity index (χ4v) is 8.22. The average molecular weight is 632 g/mol. The van der Waals surface area contributed by atoms with E-state index in [0.717, 1.165) is 0 Å². The number of pyridine rings is 4. The van der Waals surface area contributed by atoms with Crippen molar-refractivity contribution in [1.82, 2.24) is 8.80 Å². The molecule has 208 valence electrons. The molecule has 26 radical (unpaired) electrons. The van der Waals surface area contributed by atoms with Crippen LogP contribution in [0.4, 0.5) is 0 Å². The Morgan fingerprint density at radius 3 is 1.29 bits per heavy atom. The molecule has 1 aliphatic rings. The summed E-state index contributed by atoms with van der Waals surface area (Å²) >= 11 is 0. The van der Waals surface area contributed by atoms with Crippen LogP contribution in [0.2, 0.25) is 0 Å². The van der Waals surface area contributed by atoms with Crippen molar-refractivity contribution in [3.63, 3.8) is 0 Å². The summed E-state index contributed by atoms with van der Waals surface area (Å²) in [5, 5.41) is -1.40. The molecule has 0 N–H and O–H groups in total. The maximum absolute atomic E-state index is 14.7. The first kappa shape index (κ1) is 33.3. The van der Waals surface area contributed by atoms with Gasteiger partial charge in [0, 0.05) is 54.5 Å². The molecule has 0 aliphatic heterocycles. The number of aromatic nitrogens is 2. The lowest BCUT2D eigenvalue weighted by atomic mass is 9.65. The number of hydrogen-bond acceptors (Lipinski definition) is 4. The summed E-state index contributed by atoms with van der Waals surface area (Å²) in [7, 11) is 84.5. The van der Waals surface area contributed by atoms with Gasteiger partial charge in [-0.2, -0.15) is 0 Å². The van der Waals surface area contributed by atoms with Crippen molar-refractivity contribution in [2.45, 2.75) is 5.82 Å². The predicted molar refractivity (Wildman–Crippen MR) is 224 cm³/mol. The Morgan fingerprint density at radius 2 is 0.788 bits per heavy atom. The molecule has 4 heterocycles. The number of hydrogen-bond donors (Lipinski definition) is 0. The van der Waals surface area contributed by atoms with Gasteiger partial charge in [0.15, 0.2) is 21.7 Å². The van der Waals surface area contributed by atoms with Gasteiger partial charge in [-0.05, 0) is 11.3 Å². The Labute approximate surface area is 310 Å². The molecule has 1 unspecified atom stereocenters. The molecule has 8 aromatic rings. The third kappa shape index (κ3) is 3.54. The minimum atomic E-state index is -1.19. The van der Waals surface area contributed by atoms with Gasteiger partial charge in [0.2, 0.25) is 0 Å². The smallest absolute Gasteiger partial charge is 0.196 e. The second kappa shape index (κ2) is 10.3. The highest BCUT2D eigenvalue weighted by molar-refractivity contribution is 6.67. The number of nitrogens with zero attached hydrogens (tertiary/aromatic N) is 2. The number of fused-ring (bicyclic) bond motifs is 8. The van der Waals surface area contributed by atoms with Gasteiger partial charge in [-0.25, -0.2) is 0 Å². The highest BCUT2D eigenvalue weighted by Gasteiger charge is 2.33. The van der Waals surface area contributed by atoms with Gasteiger partial charge in [-0.3, -0.25) is 19.2 Å². The first-order chi connectivity index (χ1) is 24.4. The molecule has 0 saturated carbocycles. The summed E-state index contributed by atoms with van der Waals surface area (Å²) < 4.78 is 2.76. The second-order valence-corrected chi connectivity index (χ2v) is 13.1. The maximum Gasteiger partial charge on any atom is 0.196 e. The summed E-state index contributed by atoms with van der Waals surface area (Å²) in [6.45, 7) is 0. The predicted octanol–water partition coefficient (Wildman–Crippen LogP) is -8.56. The summed E-state index contributed by atoms with van der Waals surface area (Å²) in [6.07, 6.45) is 0. The number of benzene rings is 4. The average Bonchev–Trinajstić information content (AvgIpc) is 3.30. The van der Waals surface area contributed by atoms with Crippen LogP contribution in [0.1, 0.15) is 17.1 Å². The van der Waals surface area contributed by atoms with Crippen LogP contribution in [-0.2, 0) is 0 Å². The van der Waals surface area contributed by atoms with Crippen molar-refractivity contribution in [2.75, 3.05) is 0 Å². The quantitative estimate of drug-likeness (QED) is 0.0947. The Hall–Kier alpha value is -4.52. The van der Waals surface area contributed by atoms with Gasteiger partial charge in [-0.1, -0.05) is 55.8 Å². The molecular weight excluding hydrogens is 629 g/mol. The fourth-order valence-electron chi connectivity index (χ4n) is 8.22. The van der Waals surface area contributed by atoms with Gasteiger partial charge in [0.25, 0.3) is 0 Å². The topological polar surface area (TPSA) is 77.1 Å². The van der Waals surface area contributed by atoms with E-state index in [0.29, 0.717) is 0 Å². The zero-order chi connectivity index (χ0) is 37.5. The van der Waals surface area contributed by atoms with Gasteiger partial charge >= 0.3 is 0 Å². The molecule has 19 heteroatoms. The Kier molecular flexibility index (Phi) is 6.62. The van der Waals surface area contributed by atoms with Gasteiger partial charge in [-0.15, -0.1) is 16.4 Å². The van der Waals surface area contributed by atoms with Crippen molar-refractivity contribution in [2.24, 2.45) is 0 Å². The number of rotatable bonds is 0. The fraction of sp³-hybridized carbons (Fsp3) is 0.0303. The summed E-state index contributed by atoms with van der Waals surface area (Å²) in [6, 6.07) is 2.50. The van der Waals surface area contributed by atoms with E-state index < -0.39 is 27.5 Å². The summed E-state index contributed by atoms with van der Waals surface area (Å²) in [4.78, 5) is 57.7. The molecule has 0 spiro atoms. The third-order valence-electron chi connectivity index (χ3n) is 10.5. The van der Waals surface area contributed by atoms with Crippen molar-refractivity contribution in [3.05, 3.63) is 69.8 Å². The lowest BCUT2D eigenvalue weighted by Gasteiger charge is -2.27. The van der Waals surface area contributed by atoms with Crippen LogP contribution in [0.15, 0.2) is 36.8 Å². The Balaban J connectivity index is 1.77. The van der Waals surface area contributed by atoms with Crippen LogP contribution in [0, 0.1) is 0 Å². The van der Waals surface area contributed by atoms with Crippen LogP contribution in [0.3, 0.4) is 0 Å². The molecule has 52 heavy (non-hydrogen) atoms. The van der Waals surface area contributed by atoms with Crippen molar-refractivity contribution in [3.8, 4) is 0 Å². The number of allylic oxidation sites excluding steroid dienone is 1. The molecule has 0 bridgehead atoms. The van der Waals surface area contributed by atoms with Gasteiger partial charge in [0.1, 0.15) is 94.2 Å². The zero-order valence-corrected chi connectivity index (χ0v) is 26.8. The molecule has 4 aromatic carbocycles. The van der Waals surface area contributed by atoms with Crippen LogP contribution in [-0.4, -0.2) is 111 Å². The highest BCUT2D eigenvalue weighted by Crippen LogP contribution is 2.38. The van der Waals surface area contributed by atoms with E-state index in [2.05, 4.69) is 0 Å². The van der Waals surface area contributed by atoms with Crippen molar-refractivity contribution >= 4 is 227 Å². The van der Waals surface area contributed by atoms with Gasteiger partial charge in [0.05, 0.1) is 29.9 Å². The molecule has 1 aliphatic carbocycles. The van der Waals surface area contributed by atoms with Crippen LogP contribution in [0.25, 0.3) is 70.8 Å². The lowest BCUT2D eigenvalue weighted by Crippen LogP contribution is -2.50. The Morgan fingerprint density at radius 1 is 0.404 bits per heavy atom. The van der Waals surface area contributed by atoms with Crippen LogP contribution >= 0.6 is 0 Å². The molecule has 0 fully saturated rings. The van der Waals surface area contributed by atoms with Crippen molar-refractivity contribution < 1.29 is 0 Å². The maximum atomic E-state index is 14.7. The van der Waals surface area contributed by atoms with Crippen LogP contribution in [0.5, 0.6) is 0 Å². The molecule has 4 aromatic heterocycles. The molecule has 1 atom stereocenters. The van der Waals surface area contributed by atoms with Gasteiger partial charge < -0.3 is 8.80 Å². The van der Waals surface area contributed by atoms with E-state index in [1.165, 1.54) is 20.9 Å². The Bertz CT molecular complexity index is 3430. The first-order valence-electron chi connectivity index (χ1n) is 15.4. The van der Waals surface area contributed by atoms with E-state index in [1.807, 2.05) is 0 Å². The standard InChI is InChI=1S/C33H3B13N2O4/c34-3-2-6(37)10-24-7(3)30(49)11-15(38)12-29(23(46)28(11)47(24)26-14(33(10)52)17(40)19(42)21(26)44)48-25-8(31(12)50)4(35)1-5(36)9(25)32(51)13-16(39)18(41)20(43)22(45)27(13)48/h1-2,21H. The largest absolute Gasteiger partial charge is 0.312 e. The normalized spacial score (nSPS) is 14.8. The summed E-state index contributed by atoms with van der Waals surface area (Å²) in [5.41, 5.74) is -5.53. The SMILES string of the molecule is [B]C1=C([B])C([B])c2c1c(=O)c1c([B])cc([B])c3c(=O)c4c([B])c5c(=O)c6c([B])cc([B])c7c(=O)c8c([B])c([B])c([B])c([B])c8n(c5c([B])c4n2c13)c76. The minimum absolute atomic E-state index is 0.0401. The van der Waals surface area contributed by atoms with Crippen LogP contribution < -0.4 is 76.3 Å². The van der Waals surface area contributed by atoms with E-state index >= 15 is 0 Å². The van der Waals surface area contributed by atoms with E-state index in [4.69, 9.17) is 102 Å². The zero-order valence-electron chi connectivity index (χ0n) is 26.8. The monoisotopic (exact) mass is 634 g/mol. The molecule has 9 rings (SSSR count). The van der Waals surface area contributed by atoms with Crippen molar-refractivity contribution in [1.29, 1.82) is 0 Å². The second-order valence-electron chi connectivity index (χ2n) is 13.1.